The van der Waals surface area contributed by atoms with Crippen LogP contribution in [-0.2, 0) is 9.53 Å². The quantitative estimate of drug-likeness (QED) is 0.526. The number of esters is 1. The van der Waals surface area contributed by atoms with Crippen LogP contribution in [0.4, 0.5) is 0 Å². The highest BCUT2D eigenvalue weighted by atomic mass is 79.9. The Bertz CT molecular complexity index is 1290. The van der Waals surface area contributed by atoms with E-state index in [1.807, 2.05) is 47.9 Å². The lowest BCUT2D eigenvalue weighted by atomic mass is 10.0. The van der Waals surface area contributed by atoms with Crippen LogP contribution in [0, 0.1) is 0 Å². The molecule has 3 heterocycles. The van der Waals surface area contributed by atoms with Gasteiger partial charge in [0.2, 0.25) is 0 Å². The first kappa shape index (κ1) is 20.0. The van der Waals surface area contributed by atoms with Crippen molar-refractivity contribution in [3.8, 4) is 0 Å². The zero-order valence-corrected chi connectivity index (χ0v) is 18.9. The number of thiazole rings is 1. The molecule has 148 valence electrons. The number of ether oxygens (including phenoxy) is 1. The molecule has 0 bridgehead atoms. The van der Waals surface area contributed by atoms with Crippen molar-refractivity contribution in [1.82, 2.24) is 4.57 Å². The number of fused-ring (bicyclic) bond motifs is 1. The molecule has 3 aromatic rings. The number of benzene rings is 1. The van der Waals surface area contributed by atoms with Crippen LogP contribution >= 0.6 is 38.6 Å². The van der Waals surface area contributed by atoms with E-state index in [1.165, 1.54) is 22.7 Å². The molecule has 1 atom stereocenters. The van der Waals surface area contributed by atoms with Crippen molar-refractivity contribution >= 4 is 50.6 Å². The zero-order chi connectivity index (χ0) is 20.5. The minimum Gasteiger partial charge on any atom is -0.463 e. The Kier molecular flexibility index (Phi) is 5.67. The normalized spacial score (nSPS) is 16.5. The molecular weight excluding hydrogens is 472 g/mol. The van der Waals surface area contributed by atoms with Crippen molar-refractivity contribution in [3.05, 3.63) is 87.6 Å². The van der Waals surface area contributed by atoms with Crippen LogP contribution in [0.3, 0.4) is 0 Å². The van der Waals surface area contributed by atoms with Gasteiger partial charge < -0.3 is 4.74 Å². The van der Waals surface area contributed by atoms with E-state index in [9.17, 15) is 9.59 Å². The first-order chi connectivity index (χ1) is 14.0. The number of rotatable bonds is 4. The first-order valence-corrected chi connectivity index (χ1v) is 11.5. The highest BCUT2D eigenvalue weighted by molar-refractivity contribution is 9.10. The number of carbonyl (C=O) groups excluding carboxylic acids is 1. The summed E-state index contributed by atoms with van der Waals surface area (Å²) < 4.78 is 8.40. The van der Waals surface area contributed by atoms with Gasteiger partial charge in [-0.3, -0.25) is 9.36 Å². The fraction of sp³-hybridized carbons (Fsp3) is 0.190. The minimum atomic E-state index is -0.532. The van der Waals surface area contributed by atoms with E-state index in [2.05, 4.69) is 20.9 Å². The number of allylic oxidation sites excluding steroid dienone is 1. The lowest BCUT2D eigenvalue weighted by Gasteiger charge is -2.23. The van der Waals surface area contributed by atoms with Crippen LogP contribution in [0.2, 0.25) is 0 Å². The lowest BCUT2D eigenvalue weighted by Crippen LogP contribution is -2.39. The fourth-order valence-electron chi connectivity index (χ4n) is 3.26. The monoisotopic (exact) mass is 488 g/mol. The summed E-state index contributed by atoms with van der Waals surface area (Å²) in [6.07, 6.45) is 1.85. The summed E-state index contributed by atoms with van der Waals surface area (Å²) in [5.74, 6) is -0.437. The van der Waals surface area contributed by atoms with Gasteiger partial charge in [-0.05, 0) is 49.1 Å². The van der Waals surface area contributed by atoms with E-state index in [0.29, 0.717) is 20.6 Å². The second kappa shape index (κ2) is 8.22. The summed E-state index contributed by atoms with van der Waals surface area (Å²) in [5.41, 5.74) is 1.74. The molecule has 1 aliphatic heterocycles. The van der Waals surface area contributed by atoms with Crippen molar-refractivity contribution < 1.29 is 9.53 Å². The molecule has 0 N–H and O–H groups in total. The van der Waals surface area contributed by atoms with E-state index in [0.717, 1.165) is 14.9 Å². The predicted octanol–water partition coefficient (Wildman–Crippen LogP) is 3.62. The van der Waals surface area contributed by atoms with Crippen molar-refractivity contribution in [1.29, 1.82) is 0 Å². The number of aromatic nitrogens is 1. The molecule has 0 fully saturated rings. The SMILES string of the molecule is CCOC(=O)C1=C(C)N=c2s/c(=C\c3cccc(Br)c3)c(=O)n2[C@H]1c1cccs1. The van der Waals surface area contributed by atoms with Crippen molar-refractivity contribution in [2.45, 2.75) is 19.9 Å². The van der Waals surface area contributed by atoms with Gasteiger partial charge in [0.1, 0.15) is 6.04 Å². The Balaban J connectivity index is 1.94. The Labute approximate surface area is 183 Å². The zero-order valence-electron chi connectivity index (χ0n) is 15.7. The third-order valence-electron chi connectivity index (χ3n) is 4.48. The van der Waals surface area contributed by atoms with E-state index in [-0.39, 0.29) is 12.2 Å². The van der Waals surface area contributed by atoms with Crippen molar-refractivity contribution in [2.24, 2.45) is 4.99 Å². The highest BCUT2D eigenvalue weighted by Gasteiger charge is 2.33. The molecule has 5 nitrogen and oxygen atoms in total. The molecule has 1 aromatic carbocycles. The Morgan fingerprint density at radius 3 is 2.86 bits per heavy atom. The van der Waals surface area contributed by atoms with Gasteiger partial charge in [0, 0.05) is 9.35 Å². The Morgan fingerprint density at radius 1 is 1.34 bits per heavy atom. The maximum Gasteiger partial charge on any atom is 0.338 e. The molecule has 0 radical (unpaired) electrons. The Morgan fingerprint density at radius 2 is 2.17 bits per heavy atom. The maximum absolute atomic E-state index is 13.3. The number of nitrogens with zero attached hydrogens (tertiary/aromatic N) is 2. The second-order valence-electron chi connectivity index (χ2n) is 6.37. The van der Waals surface area contributed by atoms with Crippen LogP contribution in [0.25, 0.3) is 6.08 Å². The number of thiophene rings is 1. The molecule has 0 aliphatic carbocycles. The molecule has 0 unspecified atom stereocenters. The van der Waals surface area contributed by atoms with Gasteiger partial charge in [-0.2, -0.15) is 0 Å². The van der Waals surface area contributed by atoms with E-state index >= 15 is 0 Å². The molecule has 0 spiro atoms. The fourth-order valence-corrected chi connectivity index (χ4v) is 5.54. The molecule has 29 heavy (non-hydrogen) atoms. The Hall–Kier alpha value is -2.29. The minimum absolute atomic E-state index is 0.165. The van der Waals surface area contributed by atoms with Crippen LogP contribution < -0.4 is 14.9 Å². The standard InChI is InChI=1S/C21H17BrN2O3S2/c1-3-27-20(26)17-12(2)23-21-24(18(17)15-8-5-9-28-15)19(25)16(29-21)11-13-6-4-7-14(22)10-13/h4-11,18H,3H2,1-2H3/b16-11-/t18-/m0/s1. The van der Waals surface area contributed by atoms with Crippen LogP contribution in [-0.4, -0.2) is 17.1 Å². The molecule has 0 saturated heterocycles. The maximum atomic E-state index is 13.3. The molecule has 0 saturated carbocycles. The number of carbonyl (C=O) groups is 1. The predicted molar refractivity (Wildman–Crippen MR) is 119 cm³/mol. The summed E-state index contributed by atoms with van der Waals surface area (Å²) in [6.45, 7) is 3.82. The number of halogens is 1. The summed E-state index contributed by atoms with van der Waals surface area (Å²) in [4.78, 5) is 32.1. The third kappa shape index (κ3) is 3.80. The van der Waals surface area contributed by atoms with Crippen LogP contribution in [0.5, 0.6) is 0 Å². The van der Waals surface area contributed by atoms with Crippen LogP contribution in [0.1, 0.15) is 30.3 Å². The van der Waals surface area contributed by atoms with Gasteiger partial charge in [-0.25, -0.2) is 9.79 Å². The van der Waals surface area contributed by atoms with E-state index in [1.54, 1.807) is 18.4 Å². The first-order valence-electron chi connectivity index (χ1n) is 8.98. The van der Waals surface area contributed by atoms with Gasteiger partial charge in [0.05, 0.1) is 22.4 Å². The molecule has 4 rings (SSSR count). The summed E-state index contributed by atoms with van der Waals surface area (Å²) in [7, 11) is 0. The van der Waals surface area contributed by atoms with Gasteiger partial charge >= 0.3 is 5.97 Å². The van der Waals surface area contributed by atoms with Gasteiger partial charge in [0.25, 0.3) is 5.56 Å². The van der Waals surface area contributed by atoms with Gasteiger partial charge in [0.15, 0.2) is 4.80 Å². The smallest absolute Gasteiger partial charge is 0.338 e. The number of hydrogen-bond acceptors (Lipinski definition) is 6. The van der Waals surface area contributed by atoms with Gasteiger partial charge in [-0.15, -0.1) is 11.3 Å². The second-order valence-corrected chi connectivity index (χ2v) is 9.28. The van der Waals surface area contributed by atoms with E-state index in [4.69, 9.17) is 4.74 Å². The highest BCUT2D eigenvalue weighted by Crippen LogP contribution is 2.33. The average molecular weight is 489 g/mol. The summed E-state index contributed by atoms with van der Waals surface area (Å²) in [6, 6.07) is 11.1. The largest absolute Gasteiger partial charge is 0.463 e. The topological polar surface area (TPSA) is 60.7 Å². The average Bonchev–Trinajstić information content (AvgIpc) is 3.30. The third-order valence-corrected chi connectivity index (χ3v) is 6.88. The molecule has 0 amide bonds. The number of hydrogen-bond donors (Lipinski definition) is 0. The molecule has 2 aromatic heterocycles. The molecule has 1 aliphatic rings. The van der Waals surface area contributed by atoms with Crippen LogP contribution in [0.15, 0.2) is 67.3 Å². The summed E-state index contributed by atoms with van der Waals surface area (Å²) in [5, 5.41) is 1.94. The molecule has 8 heteroatoms. The lowest BCUT2D eigenvalue weighted by molar-refractivity contribution is -0.139. The van der Waals surface area contributed by atoms with Crippen molar-refractivity contribution in [2.75, 3.05) is 6.61 Å². The van der Waals surface area contributed by atoms with Gasteiger partial charge in [-0.1, -0.05) is 45.5 Å². The van der Waals surface area contributed by atoms with E-state index < -0.39 is 12.0 Å². The van der Waals surface area contributed by atoms with Crippen molar-refractivity contribution in [3.63, 3.8) is 0 Å². The molecular formula is C21H17BrN2O3S2. The summed E-state index contributed by atoms with van der Waals surface area (Å²) >= 11 is 6.29.